The van der Waals surface area contributed by atoms with Gasteiger partial charge in [0, 0.05) is 0 Å². The van der Waals surface area contributed by atoms with Gasteiger partial charge in [0.25, 0.3) is 0 Å². The lowest BCUT2D eigenvalue weighted by molar-refractivity contribution is 0.0613. The first kappa shape index (κ1) is 25.0. The van der Waals surface area contributed by atoms with E-state index in [9.17, 15) is 4.39 Å². The molecule has 1 heteroatoms. The molecular weight excluding hydrogens is 403 g/mol. The average molecular weight is 453 g/mol. The zero-order valence-corrected chi connectivity index (χ0v) is 21.5. The number of rotatable bonds is 9. The summed E-state index contributed by atoms with van der Waals surface area (Å²) in [7, 11) is 0. The van der Waals surface area contributed by atoms with E-state index in [0.29, 0.717) is 5.92 Å². The van der Waals surface area contributed by atoms with Gasteiger partial charge in [0.15, 0.2) is 0 Å². The van der Waals surface area contributed by atoms with E-state index < -0.39 is 0 Å². The van der Waals surface area contributed by atoms with Crippen LogP contribution < -0.4 is 0 Å². The number of benzene rings is 1. The van der Waals surface area contributed by atoms with Gasteiger partial charge in [-0.05, 0) is 130 Å². The Balaban J connectivity index is 1.23. The van der Waals surface area contributed by atoms with Crippen molar-refractivity contribution in [1.82, 2.24) is 0 Å². The zero-order chi connectivity index (χ0) is 23.0. The maximum atomic E-state index is 14.9. The third-order valence-corrected chi connectivity index (χ3v) is 9.76. The van der Waals surface area contributed by atoms with Crippen LogP contribution in [0.2, 0.25) is 0 Å². The van der Waals surface area contributed by atoms with Crippen LogP contribution in [0.25, 0.3) is 0 Å². The third-order valence-electron chi connectivity index (χ3n) is 9.76. The van der Waals surface area contributed by atoms with Gasteiger partial charge >= 0.3 is 0 Å². The second-order valence-electron chi connectivity index (χ2n) is 11.8. The van der Waals surface area contributed by atoms with E-state index in [2.05, 4.69) is 31.2 Å². The van der Waals surface area contributed by atoms with Crippen LogP contribution in [0.5, 0.6) is 0 Å². The summed E-state index contributed by atoms with van der Waals surface area (Å²) in [4.78, 5) is 0. The van der Waals surface area contributed by atoms with Crippen molar-refractivity contribution in [2.45, 2.75) is 122 Å². The molecule has 3 aliphatic rings. The second kappa shape index (κ2) is 12.6. The molecular formula is C32H49F. The third kappa shape index (κ3) is 6.73. The van der Waals surface area contributed by atoms with Crippen LogP contribution in [0.3, 0.4) is 0 Å². The van der Waals surface area contributed by atoms with Gasteiger partial charge in [-0.1, -0.05) is 63.3 Å². The fourth-order valence-corrected chi connectivity index (χ4v) is 7.77. The summed E-state index contributed by atoms with van der Waals surface area (Å²) in [6.07, 6.45) is 26.0. The molecule has 33 heavy (non-hydrogen) atoms. The number of allylic oxidation sites excluding steroid dienone is 2. The Bertz CT molecular complexity index is 741. The first-order valence-electron chi connectivity index (χ1n) is 14.6. The first-order chi connectivity index (χ1) is 16.2. The molecule has 4 unspecified atom stereocenters. The molecule has 0 bridgehead atoms. The number of hydrogen-bond acceptors (Lipinski definition) is 0. The van der Waals surface area contributed by atoms with Crippen molar-refractivity contribution in [2.24, 2.45) is 29.6 Å². The lowest BCUT2D eigenvalue weighted by atomic mass is 9.60. The van der Waals surface area contributed by atoms with Crippen LogP contribution in [-0.2, 0) is 6.42 Å². The largest absolute Gasteiger partial charge is 0.207 e. The monoisotopic (exact) mass is 452 g/mol. The lowest BCUT2D eigenvalue weighted by Crippen LogP contribution is -2.34. The summed E-state index contributed by atoms with van der Waals surface area (Å²) >= 11 is 0. The molecule has 3 aliphatic carbocycles. The highest BCUT2D eigenvalue weighted by atomic mass is 19.1. The molecule has 0 nitrogen and oxygen atoms in total. The standard InChI is InChI=1S/C32H49F/c1-3-5-7-9-24-11-13-30-23-29(19-18-28(30)21-24)26-14-16-27(17-15-26)31-20-12-25(22-32(31)33)10-8-6-4-2/h4,6,12,20,22,24,26-30H,3,5,7-11,13-19,21,23H2,1-2H3/b6-4+. The van der Waals surface area contributed by atoms with E-state index in [1.54, 1.807) is 0 Å². The van der Waals surface area contributed by atoms with Gasteiger partial charge in [-0.15, -0.1) is 0 Å². The Morgan fingerprint density at radius 1 is 0.848 bits per heavy atom. The highest BCUT2D eigenvalue weighted by molar-refractivity contribution is 5.28. The minimum atomic E-state index is 0.0487. The molecule has 0 spiro atoms. The number of hydrogen-bond donors (Lipinski definition) is 0. The predicted molar refractivity (Wildman–Crippen MR) is 140 cm³/mol. The number of unbranched alkanes of at least 4 members (excludes halogenated alkanes) is 2. The first-order valence-corrected chi connectivity index (χ1v) is 14.6. The van der Waals surface area contributed by atoms with Crippen LogP contribution in [0.4, 0.5) is 4.39 Å². The van der Waals surface area contributed by atoms with E-state index in [-0.39, 0.29) is 5.82 Å². The van der Waals surface area contributed by atoms with E-state index in [1.807, 2.05) is 13.0 Å². The number of fused-ring (bicyclic) bond motifs is 1. The number of halogens is 1. The van der Waals surface area contributed by atoms with E-state index in [0.717, 1.165) is 53.6 Å². The minimum absolute atomic E-state index is 0.0487. The Labute approximate surface area is 203 Å². The van der Waals surface area contributed by atoms with E-state index in [4.69, 9.17) is 0 Å². The maximum Gasteiger partial charge on any atom is 0.126 e. The molecule has 0 aromatic heterocycles. The molecule has 0 N–H and O–H groups in total. The van der Waals surface area contributed by atoms with Crippen LogP contribution >= 0.6 is 0 Å². The van der Waals surface area contributed by atoms with Gasteiger partial charge in [-0.3, -0.25) is 0 Å². The zero-order valence-electron chi connectivity index (χ0n) is 21.5. The fourth-order valence-electron chi connectivity index (χ4n) is 7.77. The highest BCUT2D eigenvalue weighted by Crippen LogP contribution is 2.50. The van der Waals surface area contributed by atoms with Crippen LogP contribution in [0.15, 0.2) is 30.4 Å². The Kier molecular flexibility index (Phi) is 9.51. The van der Waals surface area contributed by atoms with Gasteiger partial charge in [-0.2, -0.15) is 0 Å². The highest BCUT2D eigenvalue weighted by Gasteiger charge is 2.38. The van der Waals surface area contributed by atoms with Crippen LogP contribution in [0.1, 0.15) is 127 Å². The Hall–Kier alpha value is -1.11. The second-order valence-corrected chi connectivity index (χ2v) is 11.8. The lowest BCUT2D eigenvalue weighted by Gasteiger charge is -2.45. The molecule has 184 valence electrons. The van der Waals surface area contributed by atoms with Crippen molar-refractivity contribution < 1.29 is 4.39 Å². The molecule has 0 aliphatic heterocycles. The SMILES string of the molecule is C/C=C/CCc1ccc(C2CCC(C3CCC4CC(CCCCC)CCC4C3)CC2)c(F)c1. The van der Waals surface area contributed by atoms with E-state index >= 15 is 0 Å². The Morgan fingerprint density at radius 2 is 1.55 bits per heavy atom. The molecule has 4 atom stereocenters. The number of aryl methyl sites for hydroxylation is 1. The average Bonchev–Trinajstić information content (AvgIpc) is 2.84. The van der Waals surface area contributed by atoms with E-state index in [1.165, 1.54) is 89.9 Å². The molecule has 3 fully saturated rings. The van der Waals surface area contributed by atoms with Gasteiger partial charge in [-0.25, -0.2) is 4.39 Å². The molecule has 4 rings (SSSR count). The molecule has 0 heterocycles. The predicted octanol–water partition coefficient (Wildman–Crippen LogP) is 10.0. The van der Waals surface area contributed by atoms with Gasteiger partial charge in [0.05, 0.1) is 0 Å². The van der Waals surface area contributed by atoms with Gasteiger partial charge < -0.3 is 0 Å². The Morgan fingerprint density at radius 3 is 2.27 bits per heavy atom. The van der Waals surface area contributed by atoms with Crippen LogP contribution in [-0.4, -0.2) is 0 Å². The van der Waals surface area contributed by atoms with Crippen molar-refractivity contribution in [3.8, 4) is 0 Å². The molecule has 1 aromatic carbocycles. The van der Waals surface area contributed by atoms with Crippen molar-refractivity contribution in [2.75, 3.05) is 0 Å². The molecule has 3 saturated carbocycles. The van der Waals surface area contributed by atoms with Crippen LogP contribution in [0, 0.1) is 35.4 Å². The summed E-state index contributed by atoms with van der Waals surface area (Å²) in [6.45, 7) is 4.37. The summed E-state index contributed by atoms with van der Waals surface area (Å²) in [6, 6.07) is 6.09. The van der Waals surface area contributed by atoms with Crippen molar-refractivity contribution in [3.05, 3.63) is 47.3 Å². The molecule has 0 amide bonds. The summed E-state index contributed by atoms with van der Waals surface area (Å²) in [5.74, 6) is 5.47. The normalized spacial score (nSPS) is 32.7. The van der Waals surface area contributed by atoms with Crippen molar-refractivity contribution >= 4 is 0 Å². The molecule has 0 radical (unpaired) electrons. The summed E-state index contributed by atoms with van der Waals surface area (Å²) < 4.78 is 14.9. The van der Waals surface area contributed by atoms with Crippen molar-refractivity contribution in [3.63, 3.8) is 0 Å². The summed E-state index contributed by atoms with van der Waals surface area (Å²) in [5, 5.41) is 0. The molecule has 0 saturated heterocycles. The fraction of sp³-hybridized carbons (Fsp3) is 0.750. The minimum Gasteiger partial charge on any atom is -0.207 e. The van der Waals surface area contributed by atoms with Gasteiger partial charge in [0.1, 0.15) is 5.82 Å². The quantitative estimate of drug-likeness (QED) is 0.258. The summed E-state index contributed by atoms with van der Waals surface area (Å²) in [5.41, 5.74) is 2.13. The van der Waals surface area contributed by atoms with Gasteiger partial charge in [0.2, 0.25) is 0 Å². The molecule has 1 aromatic rings. The topological polar surface area (TPSA) is 0 Å². The maximum absolute atomic E-state index is 14.9. The van der Waals surface area contributed by atoms with Crippen molar-refractivity contribution in [1.29, 1.82) is 0 Å². The smallest absolute Gasteiger partial charge is 0.126 e.